The number of ether oxygens (including phenoxy) is 3. The van der Waals surface area contributed by atoms with Gasteiger partial charge in [0.05, 0.1) is 12.7 Å². The van der Waals surface area contributed by atoms with Crippen LogP contribution in [0.5, 0.6) is 5.75 Å². The minimum absolute atomic E-state index is 0.174. The van der Waals surface area contributed by atoms with Crippen LogP contribution in [0.3, 0.4) is 0 Å². The number of carbonyl (C=O) groups excluding carboxylic acids is 1. The molecule has 206 valence electrons. The number of rotatable bonds is 11. The second kappa shape index (κ2) is 12.1. The highest BCUT2D eigenvalue weighted by Crippen LogP contribution is 2.47. The molecule has 3 N–H and O–H groups in total. The number of terminal acetylenes is 1. The average molecular weight is 551 g/mol. The van der Waals surface area contributed by atoms with Crippen LogP contribution in [0.2, 0.25) is 0 Å². The van der Waals surface area contributed by atoms with E-state index in [9.17, 15) is 24.1 Å². The van der Waals surface area contributed by atoms with Crippen LogP contribution >= 0.6 is 7.75 Å². The number of hydrogen-bond donors (Lipinski definition) is 3. The molecular formula is C24H30N3O10P. The summed E-state index contributed by atoms with van der Waals surface area (Å²) >= 11 is 0. The zero-order valence-electron chi connectivity index (χ0n) is 21.2. The largest absolute Gasteiger partial charge is 0.462 e. The summed E-state index contributed by atoms with van der Waals surface area (Å²) in [5.41, 5.74) is -3.38. The molecule has 1 unspecified atom stereocenters. The first-order chi connectivity index (χ1) is 17.9. The molecule has 2 aromatic rings. The Kier molecular flexibility index (Phi) is 9.32. The number of methoxy groups -OCH3 is 1. The van der Waals surface area contributed by atoms with Crippen LogP contribution in [0, 0.1) is 12.3 Å². The minimum Gasteiger partial charge on any atom is -0.462 e. The standard InChI is InChI=1S/C24H30N3O10P/c1-6-24(33-5)20(29)18(36-22(24)27-13-12-19(28)25-23(27)31)14-34-38(32,37-17-10-8-7-9-11-17)26-16(4)21(30)35-15(2)3/h1,7-13,15-16,18,20,22,29H,14H2,2-5H3,(H,26,32)(H,25,28,31)/t16-,18+,20+,22+,24-,38?/m0/s1. The fourth-order valence-electron chi connectivity index (χ4n) is 3.72. The average Bonchev–Trinajstić information content (AvgIpc) is 3.14. The summed E-state index contributed by atoms with van der Waals surface area (Å²) in [6.45, 7) is 4.18. The monoisotopic (exact) mass is 551 g/mol. The highest BCUT2D eigenvalue weighted by Gasteiger charge is 2.58. The number of aliphatic hydroxyl groups is 1. The molecule has 0 amide bonds. The molecule has 1 aliphatic rings. The first-order valence-electron chi connectivity index (χ1n) is 11.6. The maximum Gasteiger partial charge on any atom is 0.459 e. The predicted octanol–water partition coefficient (Wildman–Crippen LogP) is 0.947. The van der Waals surface area contributed by atoms with Crippen molar-refractivity contribution >= 4 is 13.7 Å². The van der Waals surface area contributed by atoms with Gasteiger partial charge >= 0.3 is 19.4 Å². The van der Waals surface area contributed by atoms with Crippen molar-refractivity contribution in [2.45, 2.75) is 57.0 Å². The number of aromatic amines is 1. The van der Waals surface area contributed by atoms with E-state index in [1.54, 1.807) is 32.0 Å². The van der Waals surface area contributed by atoms with Crippen LogP contribution < -0.4 is 20.9 Å². The highest BCUT2D eigenvalue weighted by molar-refractivity contribution is 7.52. The van der Waals surface area contributed by atoms with Gasteiger partial charge in [-0.3, -0.25) is 23.7 Å². The lowest BCUT2D eigenvalue weighted by atomic mass is 9.94. The predicted molar refractivity (Wildman–Crippen MR) is 134 cm³/mol. The number of nitrogens with zero attached hydrogens (tertiary/aromatic N) is 1. The van der Waals surface area contributed by atoms with E-state index in [1.165, 1.54) is 26.2 Å². The summed E-state index contributed by atoms with van der Waals surface area (Å²) in [7, 11) is -3.08. The quantitative estimate of drug-likeness (QED) is 0.207. The van der Waals surface area contributed by atoms with Crippen molar-refractivity contribution < 1.29 is 37.7 Å². The Morgan fingerprint density at radius 2 is 1.97 bits per heavy atom. The van der Waals surface area contributed by atoms with Gasteiger partial charge in [-0.2, -0.15) is 5.09 Å². The molecule has 0 aliphatic carbocycles. The van der Waals surface area contributed by atoms with Gasteiger partial charge in [0.2, 0.25) is 5.60 Å². The van der Waals surface area contributed by atoms with E-state index in [4.69, 9.17) is 29.7 Å². The molecule has 6 atom stereocenters. The Balaban J connectivity index is 1.87. The summed E-state index contributed by atoms with van der Waals surface area (Å²) in [5.74, 6) is 1.80. The van der Waals surface area contributed by atoms with Gasteiger partial charge in [0.15, 0.2) is 6.23 Å². The van der Waals surface area contributed by atoms with Crippen LogP contribution in [-0.2, 0) is 28.1 Å². The number of aromatic nitrogens is 2. The lowest BCUT2D eigenvalue weighted by Crippen LogP contribution is -2.49. The second-order valence-electron chi connectivity index (χ2n) is 8.66. The third-order valence-corrected chi connectivity index (χ3v) is 7.21. The van der Waals surface area contributed by atoms with Crippen LogP contribution in [-0.4, -0.2) is 64.3 Å². The van der Waals surface area contributed by atoms with Crippen molar-refractivity contribution in [3.8, 4) is 18.1 Å². The summed E-state index contributed by atoms with van der Waals surface area (Å²) in [5, 5.41) is 13.6. The SMILES string of the molecule is C#C[C@]1(OC)[C@H](O)[C@@H](COP(=O)(N[C@@H](C)C(=O)OC(C)C)Oc2ccccc2)O[C@H]1n1ccc(=O)[nH]c1=O. The van der Waals surface area contributed by atoms with E-state index in [0.29, 0.717) is 0 Å². The number of H-pyrrole nitrogens is 1. The van der Waals surface area contributed by atoms with Gasteiger partial charge in [-0.1, -0.05) is 24.1 Å². The van der Waals surface area contributed by atoms with Crippen molar-refractivity contribution in [2.24, 2.45) is 0 Å². The molecular weight excluding hydrogens is 521 g/mol. The minimum atomic E-state index is -4.29. The van der Waals surface area contributed by atoms with Gasteiger partial charge in [0.25, 0.3) is 5.56 Å². The first kappa shape index (κ1) is 29.3. The number of esters is 1. The molecule has 0 saturated carbocycles. The van der Waals surface area contributed by atoms with Crippen molar-refractivity contribution in [3.63, 3.8) is 0 Å². The van der Waals surface area contributed by atoms with Gasteiger partial charge in [0, 0.05) is 19.4 Å². The molecule has 38 heavy (non-hydrogen) atoms. The van der Waals surface area contributed by atoms with Crippen molar-refractivity contribution in [2.75, 3.05) is 13.7 Å². The summed E-state index contributed by atoms with van der Waals surface area (Å²) in [4.78, 5) is 38.3. The Morgan fingerprint density at radius 1 is 1.29 bits per heavy atom. The molecule has 1 aromatic carbocycles. The van der Waals surface area contributed by atoms with E-state index in [2.05, 4.69) is 16.0 Å². The Labute approximate surface area is 218 Å². The van der Waals surface area contributed by atoms with Crippen molar-refractivity contribution in [1.82, 2.24) is 14.6 Å². The summed E-state index contributed by atoms with van der Waals surface area (Å²) in [6, 6.07) is 8.05. The number of nitrogens with one attached hydrogen (secondary N) is 2. The second-order valence-corrected chi connectivity index (χ2v) is 10.4. The van der Waals surface area contributed by atoms with E-state index in [-0.39, 0.29) is 5.75 Å². The van der Waals surface area contributed by atoms with Crippen LogP contribution in [0.4, 0.5) is 0 Å². The normalized spacial score (nSPS) is 25.3. The lowest BCUT2D eigenvalue weighted by molar-refractivity contribution is -0.149. The molecule has 1 fully saturated rings. The van der Waals surface area contributed by atoms with Gasteiger partial charge in [-0.15, -0.1) is 6.42 Å². The number of carbonyl (C=O) groups is 1. The van der Waals surface area contributed by atoms with Gasteiger partial charge in [-0.05, 0) is 32.9 Å². The zero-order chi connectivity index (χ0) is 28.1. The van der Waals surface area contributed by atoms with Gasteiger partial charge in [-0.25, -0.2) is 9.36 Å². The van der Waals surface area contributed by atoms with Crippen molar-refractivity contribution in [1.29, 1.82) is 0 Å². The molecule has 2 heterocycles. The molecule has 13 nitrogen and oxygen atoms in total. The van der Waals surface area contributed by atoms with Crippen molar-refractivity contribution in [3.05, 3.63) is 63.4 Å². The molecule has 0 bridgehead atoms. The van der Waals surface area contributed by atoms with E-state index < -0.39 is 67.8 Å². The van der Waals surface area contributed by atoms with Gasteiger partial charge < -0.3 is 23.8 Å². The number of para-hydroxylation sites is 1. The molecule has 1 saturated heterocycles. The molecule has 0 radical (unpaired) electrons. The maximum atomic E-state index is 13.7. The third-order valence-electron chi connectivity index (χ3n) is 5.56. The number of hydrogen-bond acceptors (Lipinski definition) is 10. The summed E-state index contributed by atoms with van der Waals surface area (Å²) in [6.07, 6.45) is 2.17. The van der Waals surface area contributed by atoms with E-state index >= 15 is 0 Å². The fourth-order valence-corrected chi connectivity index (χ4v) is 5.22. The molecule has 0 spiro atoms. The number of aliphatic hydroxyl groups excluding tert-OH is 1. The zero-order valence-corrected chi connectivity index (χ0v) is 22.1. The fraction of sp³-hybridized carbons (Fsp3) is 0.458. The van der Waals surface area contributed by atoms with Crippen LogP contribution in [0.1, 0.15) is 27.0 Å². The lowest BCUT2D eigenvalue weighted by Gasteiger charge is -2.30. The highest BCUT2D eigenvalue weighted by atomic mass is 31.2. The number of benzene rings is 1. The van der Waals surface area contributed by atoms with Crippen LogP contribution in [0.15, 0.2) is 52.2 Å². The third kappa shape index (κ3) is 6.42. The Morgan fingerprint density at radius 3 is 2.55 bits per heavy atom. The molecule has 14 heteroatoms. The van der Waals surface area contributed by atoms with E-state index in [0.717, 1.165) is 16.8 Å². The maximum absolute atomic E-state index is 13.7. The molecule has 3 rings (SSSR count). The van der Waals surface area contributed by atoms with Crippen LogP contribution in [0.25, 0.3) is 0 Å². The Hall–Kier alpha value is -3.24. The molecule has 1 aromatic heterocycles. The Bertz CT molecular complexity index is 1320. The topological polar surface area (TPSA) is 167 Å². The first-order valence-corrected chi connectivity index (χ1v) is 13.1. The summed E-state index contributed by atoms with van der Waals surface area (Å²) < 4.78 is 42.2. The smallest absolute Gasteiger partial charge is 0.459 e. The van der Waals surface area contributed by atoms with Gasteiger partial charge in [0.1, 0.15) is 24.0 Å². The van der Waals surface area contributed by atoms with E-state index in [1.807, 2.05) is 0 Å². The molecule has 1 aliphatic heterocycles.